The fourth-order valence-electron chi connectivity index (χ4n) is 6.01. The van der Waals surface area contributed by atoms with E-state index in [1.807, 2.05) is 9.47 Å². The van der Waals surface area contributed by atoms with E-state index in [1.54, 1.807) is 0 Å². The van der Waals surface area contributed by atoms with Crippen LogP contribution < -0.4 is 4.74 Å². The van der Waals surface area contributed by atoms with Crippen molar-refractivity contribution < 1.29 is 35.8 Å². The van der Waals surface area contributed by atoms with Gasteiger partial charge in [-0.3, -0.25) is 9.88 Å². The van der Waals surface area contributed by atoms with Crippen LogP contribution in [0, 0.1) is 11.6 Å². The maximum atomic E-state index is 15.8. The minimum atomic E-state index is -4.68. The summed E-state index contributed by atoms with van der Waals surface area (Å²) in [5.41, 5.74) is 2.07. The average Bonchev–Trinajstić information content (AvgIpc) is 3.65. The SMILES string of the molecule is Fc1cc(Cl)ccc1COc1cc(C2CCN(Cc3nc4cc(-c5nnc(C(F)(F)F)[nH]5)ncc4n3CC3CCO3)CC2F)ccc1F. The number of alkyl halides is 4. The molecule has 252 valence electrons. The van der Waals surface area contributed by atoms with Crippen molar-refractivity contribution in [2.75, 3.05) is 19.7 Å². The van der Waals surface area contributed by atoms with Crippen LogP contribution in [0.1, 0.15) is 41.5 Å². The molecule has 2 saturated heterocycles. The van der Waals surface area contributed by atoms with Crippen molar-refractivity contribution in [3.8, 4) is 17.3 Å². The van der Waals surface area contributed by atoms with E-state index in [1.165, 1.54) is 42.6 Å². The van der Waals surface area contributed by atoms with Gasteiger partial charge in [0.1, 0.15) is 30.1 Å². The highest BCUT2D eigenvalue weighted by Gasteiger charge is 2.36. The first-order valence-corrected chi connectivity index (χ1v) is 15.6. The Morgan fingerprint density at radius 2 is 1.88 bits per heavy atom. The predicted octanol–water partition coefficient (Wildman–Crippen LogP) is 6.86. The number of hydrogen-bond acceptors (Lipinski definition) is 7. The molecule has 2 aromatic carbocycles. The van der Waals surface area contributed by atoms with E-state index in [4.69, 9.17) is 26.1 Å². The van der Waals surface area contributed by atoms with Crippen molar-refractivity contribution in [3.63, 3.8) is 0 Å². The summed E-state index contributed by atoms with van der Waals surface area (Å²) in [7, 11) is 0. The lowest BCUT2D eigenvalue weighted by atomic mass is 9.87. The zero-order chi connectivity index (χ0) is 33.6. The van der Waals surface area contributed by atoms with Crippen molar-refractivity contribution in [2.45, 2.75) is 56.9 Å². The number of hydrogen-bond donors (Lipinski definition) is 1. The van der Waals surface area contributed by atoms with Crippen LogP contribution in [0.5, 0.6) is 5.75 Å². The Bertz CT molecular complexity index is 1950. The van der Waals surface area contributed by atoms with Gasteiger partial charge < -0.3 is 19.0 Å². The quantitative estimate of drug-likeness (QED) is 0.169. The molecule has 2 aliphatic heterocycles. The predicted molar refractivity (Wildman–Crippen MR) is 162 cm³/mol. The first kappa shape index (κ1) is 32.3. The van der Waals surface area contributed by atoms with E-state index >= 15 is 4.39 Å². The van der Waals surface area contributed by atoms with Crippen LogP contribution in [0.4, 0.5) is 26.3 Å². The van der Waals surface area contributed by atoms with Crippen LogP contribution in [-0.2, 0) is 30.6 Å². The molecule has 0 bridgehead atoms. The van der Waals surface area contributed by atoms with Gasteiger partial charge in [0, 0.05) is 29.7 Å². The molecule has 9 nitrogen and oxygen atoms in total. The number of likely N-dealkylation sites (tertiary alicyclic amines) is 1. The lowest BCUT2D eigenvalue weighted by molar-refractivity contribution is -0.144. The van der Waals surface area contributed by atoms with Crippen molar-refractivity contribution in [3.05, 3.63) is 88.1 Å². The standard InChI is InChI=1S/C32H28ClF6N7O2/c33-19-3-1-18(23(35)10-19)16-48-28-9-17(2-4-22(28)34)21-5-7-45(14-24(21)36)15-29-41-25-11-26(30-42-31(44-43-30)32(37,38)39)40-12-27(25)46(29)13-20-6-8-47-20/h1-4,9-12,20-21,24H,5-8,13-16H2,(H,42,43,44). The van der Waals surface area contributed by atoms with Crippen LogP contribution in [0.2, 0.25) is 5.02 Å². The molecule has 16 heteroatoms. The molecular weight excluding hydrogens is 664 g/mol. The molecule has 3 aromatic heterocycles. The molecule has 7 rings (SSSR count). The minimum absolute atomic E-state index is 0.0322. The summed E-state index contributed by atoms with van der Waals surface area (Å²) in [6, 6.07) is 9.87. The number of benzene rings is 2. The zero-order valence-electron chi connectivity index (χ0n) is 25.2. The molecule has 0 saturated carbocycles. The maximum Gasteiger partial charge on any atom is 0.451 e. The van der Waals surface area contributed by atoms with Gasteiger partial charge in [-0.2, -0.15) is 13.2 Å². The molecule has 48 heavy (non-hydrogen) atoms. The van der Waals surface area contributed by atoms with Gasteiger partial charge >= 0.3 is 6.18 Å². The number of aromatic nitrogens is 6. The summed E-state index contributed by atoms with van der Waals surface area (Å²) < 4.78 is 96.9. The fourth-order valence-corrected chi connectivity index (χ4v) is 6.17. The van der Waals surface area contributed by atoms with Crippen LogP contribution in [0.15, 0.2) is 48.7 Å². The van der Waals surface area contributed by atoms with E-state index in [2.05, 4.69) is 20.2 Å². The molecule has 1 N–H and O–H groups in total. The van der Waals surface area contributed by atoms with Gasteiger partial charge in [-0.05, 0) is 55.3 Å². The van der Waals surface area contributed by atoms with Crippen LogP contribution in [0.25, 0.3) is 22.6 Å². The first-order chi connectivity index (χ1) is 23.0. The van der Waals surface area contributed by atoms with Gasteiger partial charge in [-0.25, -0.2) is 18.2 Å². The summed E-state index contributed by atoms with van der Waals surface area (Å²) in [6.45, 7) is 1.81. The minimum Gasteiger partial charge on any atom is -0.486 e. The Labute approximate surface area is 274 Å². The maximum absolute atomic E-state index is 15.8. The number of ether oxygens (including phenoxy) is 2. The molecule has 3 atom stereocenters. The highest BCUT2D eigenvalue weighted by molar-refractivity contribution is 6.30. The molecule has 3 unspecified atom stereocenters. The Balaban J connectivity index is 1.07. The van der Waals surface area contributed by atoms with Gasteiger partial charge in [-0.15, -0.1) is 10.2 Å². The Kier molecular flexibility index (Phi) is 8.77. The van der Waals surface area contributed by atoms with Gasteiger partial charge in [0.2, 0.25) is 5.82 Å². The smallest absolute Gasteiger partial charge is 0.451 e. The Morgan fingerprint density at radius 3 is 2.58 bits per heavy atom. The molecule has 2 aliphatic rings. The number of pyridine rings is 1. The van der Waals surface area contributed by atoms with Crippen molar-refractivity contribution in [2.24, 2.45) is 0 Å². The molecular formula is C32H28ClF6N7O2. The van der Waals surface area contributed by atoms with Gasteiger partial charge in [0.15, 0.2) is 17.4 Å². The Hall–Kier alpha value is -4.21. The van der Waals surface area contributed by atoms with Gasteiger partial charge in [0.05, 0.1) is 36.4 Å². The molecule has 0 spiro atoms. The number of imidazole rings is 1. The van der Waals surface area contributed by atoms with E-state index in [0.29, 0.717) is 55.1 Å². The summed E-state index contributed by atoms with van der Waals surface area (Å²) in [6.07, 6.45) is -3.19. The molecule has 0 amide bonds. The molecule has 2 fully saturated rings. The topological polar surface area (TPSA) is 94.0 Å². The summed E-state index contributed by atoms with van der Waals surface area (Å²) >= 11 is 5.80. The van der Waals surface area contributed by atoms with E-state index < -0.39 is 35.7 Å². The largest absolute Gasteiger partial charge is 0.486 e. The number of nitrogens with one attached hydrogen (secondary N) is 1. The summed E-state index contributed by atoms with van der Waals surface area (Å²) in [5.74, 6) is -2.57. The number of nitrogens with zero attached hydrogens (tertiary/aromatic N) is 6. The lowest BCUT2D eigenvalue weighted by Gasteiger charge is -2.35. The Morgan fingerprint density at radius 1 is 1.04 bits per heavy atom. The van der Waals surface area contributed by atoms with Crippen molar-refractivity contribution in [1.82, 2.24) is 34.6 Å². The number of halogens is 7. The average molecular weight is 692 g/mol. The number of piperidine rings is 1. The van der Waals surface area contributed by atoms with Gasteiger partial charge in [0.25, 0.3) is 0 Å². The molecule has 5 aromatic rings. The molecule has 0 radical (unpaired) electrons. The van der Waals surface area contributed by atoms with E-state index in [0.717, 1.165) is 12.5 Å². The van der Waals surface area contributed by atoms with Crippen molar-refractivity contribution in [1.29, 1.82) is 0 Å². The summed E-state index contributed by atoms with van der Waals surface area (Å²) in [5, 5.41) is 7.00. The number of aromatic amines is 1. The number of H-pyrrole nitrogens is 1. The van der Waals surface area contributed by atoms with Crippen molar-refractivity contribution >= 4 is 22.6 Å². The van der Waals surface area contributed by atoms with E-state index in [-0.39, 0.29) is 47.1 Å². The number of fused-ring (bicyclic) bond motifs is 1. The third-order valence-electron chi connectivity index (χ3n) is 8.66. The zero-order valence-corrected chi connectivity index (χ0v) is 25.9. The van der Waals surface area contributed by atoms with Crippen LogP contribution in [-0.4, -0.2) is 66.6 Å². The second-order valence-corrected chi connectivity index (χ2v) is 12.3. The fraction of sp³-hybridized carbons (Fsp3) is 0.375. The highest BCUT2D eigenvalue weighted by atomic mass is 35.5. The van der Waals surface area contributed by atoms with E-state index in [9.17, 15) is 22.0 Å². The third-order valence-corrected chi connectivity index (χ3v) is 8.90. The second-order valence-electron chi connectivity index (χ2n) is 11.9. The monoisotopic (exact) mass is 691 g/mol. The van der Waals surface area contributed by atoms with Gasteiger partial charge in [-0.1, -0.05) is 23.7 Å². The normalized spacial score (nSPS) is 20.3. The van der Waals surface area contributed by atoms with Crippen LogP contribution >= 0.6 is 11.6 Å². The first-order valence-electron chi connectivity index (χ1n) is 15.2. The number of rotatable bonds is 9. The molecule has 0 aliphatic carbocycles. The highest BCUT2D eigenvalue weighted by Crippen LogP contribution is 2.35. The summed E-state index contributed by atoms with van der Waals surface area (Å²) in [4.78, 5) is 13.2. The van der Waals surface area contributed by atoms with Crippen LogP contribution in [0.3, 0.4) is 0 Å². The molecule has 5 heterocycles. The third kappa shape index (κ3) is 6.71. The lowest BCUT2D eigenvalue weighted by Crippen LogP contribution is -2.41. The second kappa shape index (κ2) is 13.0.